The highest BCUT2D eigenvalue weighted by atomic mass is 19.1. The summed E-state index contributed by atoms with van der Waals surface area (Å²) in [6, 6.07) is 3.26. The Morgan fingerprint density at radius 1 is 1.44 bits per heavy atom. The second-order valence-electron chi connectivity index (χ2n) is 3.07. The second kappa shape index (κ2) is 4.18. The highest BCUT2D eigenvalue weighted by Gasteiger charge is 2.14. The zero-order valence-electron chi connectivity index (χ0n) is 8.94. The Kier molecular flexibility index (Phi) is 2.72. The van der Waals surface area contributed by atoms with Crippen molar-refractivity contribution in [3.63, 3.8) is 0 Å². The van der Waals surface area contributed by atoms with Crippen molar-refractivity contribution in [3.05, 3.63) is 30.3 Å². The smallest absolute Gasteiger partial charge is 0.190 e. The van der Waals surface area contributed by atoms with E-state index in [1.807, 2.05) is 0 Å². The van der Waals surface area contributed by atoms with Gasteiger partial charge in [-0.3, -0.25) is 0 Å². The molecule has 2 rings (SSSR count). The topological polar surface area (TPSA) is 52.0 Å². The molecule has 1 aromatic heterocycles. The van der Waals surface area contributed by atoms with E-state index >= 15 is 0 Å². The molecule has 0 radical (unpaired) electrons. The Balaban J connectivity index is 2.59. The minimum absolute atomic E-state index is 0.188. The van der Waals surface area contributed by atoms with Crippen molar-refractivity contribution < 1.29 is 9.13 Å². The maximum Gasteiger partial charge on any atom is 0.190 e. The largest absolute Gasteiger partial charge is 0.494 e. The number of methoxy groups -OCH3 is 1. The summed E-state index contributed by atoms with van der Waals surface area (Å²) in [4.78, 5) is 0. The van der Waals surface area contributed by atoms with Gasteiger partial charge in [0, 0.05) is 7.05 Å². The SMILES string of the molecule is CNc1c(-n2ccnn2)ccc(OC)c1F. The van der Waals surface area contributed by atoms with Crippen LogP contribution < -0.4 is 10.1 Å². The third-order valence-corrected chi connectivity index (χ3v) is 2.22. The van der Waals surface area contributed by atoms with Gasteiger partial charge < -0.3 is 10.1 Å². The van der Waals surface area contributed by atoms with Crippen molar-refractivity contribution in [2.24, 2.45) is 0 Å². The number of aromatic nitrogens is 3. The minimum atomic E-state index is -0.446. The standard InChI is InChI=1S/C10H11FN4O/c1-12-10-7(15-6-5-13-14-15)3-4-8(16-2)9(10)11/h3-6,12H,1-2H3. The molecule has 0 unspecified atom stereocenters. The molecule has 0 saturated heterocycles. The molecule has 5 nitrogen and oxygen atoms in total. The van der Waals surface area contributed by atoms with Crippen molar-refractivity contribution in [2.75, 3.05) is 19.5 Å². The summed E-state index contributed by atoms with van der Waals surface area (Å²) in [6.45, 7) is 0. The lowest BCUT2D eigenvalue weighted by atomic mass is 10.2. The number of ether oxygens (including phenoxy) is 1. The monoisotopic (exact) mass is 222 g/mol. The zero-order chi connectivity index (χ0) is 11.5. The highest BCUT2D eigenvalue weighted by Crippen LogP contribution is 2.29. The molecule has 0 fully saturated rings. The molecule has 0 saturated carbocycles. The van der Waals surface area contributed by atoms with Gasteiger partial charge in [-0.25, -0.2) is 9.07 Å². The molecule has 16 heavy (non-hydrogen) atoms. The van der Waals surface area contributed by atoms with E-state index in [2.05, 4.69) is 15.6 Å². The molecule has 0 aliphatic heterocycles. The molecular formula is C10H11FN4O. The zero-order valence-corrected chi connectivity index (χ0v) is 8.94. The average molecular weight is 222 g/mol. The van der Waals surface area contributed by atoms with E-state index in [0.29, 0.717) is 11.4 Å². The number of nitrogens with zero attached hydrogens (tertiary/aromatic N) is 3. The van der Waals surface area contributed by atoms with Crippen LogP contribution in [0.1, 0.15) is 0 Å². The number of benzene rings is 1. The molecule has 1 N–H and O–H groups in total. The molecule has 0 spiro atoms. The van der Waals surface area contributed by atoms with Crippen molar-refractivity contribution >= 4 is 5.69 Å². The van der Waals surface area contributed by atoms with Crippen LogP contribution in [-0.4, -0.2) is 29.2 Å². The predicted molar refractivity (Wildman–Crippen MR) is 57.4 cm³/mol. The van der Waals surface area contributed by atoms with E-state index in [-0.39, 0.29) is 5.75 Å². The lowest BCUT2D eigenvalue weighted by Gasteiger charge is -2.12. The van der Waals surface area contributed by atoms with E-state index < -0.39 is 5.82 Å². The Morgan fingerprint density at radius 3 is 2.81 bits per heavy atom. The van der Waals surface area contributed by atoms with Crippen molar-refractivity contribution in [2.45, 2.75) is 0 Å². The molecule has 0 amide bonds. The predicted octanol–water partition coefficient (Wildman–Crippen LogP) is 1.46. The average Bonchev–Trinajstić information content (AvgIpc) is 2.82. The van der Waals surface area contributed by atoms with Gasteiger partial charge in [0.05, 0.1) is 25.2 Å². The molecule has 84 valence electrons. The lowest BCUT2D eigenvalue weighted by molar-refractivity contribution is 0.387. The van der Waals surface area contributed by atoms with Gasteiger partial charge in [0.1, 0.15) is 5.69 Å². The fourth-order valence-corrected chi connectivity index (χ4v) is 1.47. The third-order valence-electron chi connectivity index (χ3n) is 2.22. The minimum Gasteiger partial charge on any atom is -0.494 e. The van der Waals surface area contributed by atoms with Crippen LogP contribution in [0.4, 0.5) is 10.1 Å². The molecule has 0 aliphatic carbocycles. The van der Waals surface area contributed by atoms with Gasteiger partial charge in [0.15, 0.2) is 11.6 Å². The first-order chi connectivity index (χ1) is 7.77. The van der Waals surface area contributed by atoms with Gasteiger partial charge in [-0.1, -0.05) is 5.21 Å². The van der Waals surface area contributed by atoms with E-state index in [0.717, 1.165) is 0 Å². The summed E-state index contributed by atoms with van der Waals surface area (Å²) in [5, 5.41) is 10.3. The molecule has 6 heteroatoms. The number of anilines is 1. The van der Waals surface area contributed by atoms with Crippen LogP contribution in [0.3, 0.4) is 0 Å². The molecule has 0 bridgehead atoms. The summed E-state index contributed by atoms with van der Waals surface area (Å²) in [6.07, 6.45) is 3.17. The Labute approximate surface area is 91.8 Å². The maximum atomic E-state index is 13.9. The van der Waals surface area contributed by atoms with E-state index in [9.17, 15) is 4.39 Å². The quantitative estimate of drug-likeness (QED) is 0.854. The number of hydrogen-bond acceptors (Lipinski definition) is 4. The molecular weight excluding hydrogens is 211 g/mol. The van der Waals surface area contributed by atoms with Crippen LogP contribution in [-0.2, 0) is 0 Å². The Bertz CT molecular complexity index is 484. The summed E-state index contributed by atoms with van der Waals surface area (Å²) >= 11 is 0. The number of hydrogen-bond donors (Lipinski definition) is 1. The van der Waals surface area contributed by atoms with E-state index in [1.54, 1.807) is 25.4 Å². The van der Waals surface area contributed by atoms with Gasteiger partial charge in [0.2, 0.25) is 0 Å². The van der Waals surface area contributed by atoms with Gasteiger partial charge in [0.25, 0.3) is 0 Å². The summed E-state index contributed by atoms with van der Waals surface area (Å²) < 4.78 is 20.3. The van der Waals surface area contributed by atoms with Gasteiger partial charge >= 0.3 is 0 Å². The van der Waals surface area contributed by atoms with E-state index in [1.165, 1.54) is 18.0 Å². The van der Waals surface area contributed by atoms with Crippen LogP contribution >= 0.6 is 0 Å². The van der Waals surface area contributed by atoms with Gasteiger partial charge in [-0.15, -0.1) is 5.10 Å². The fourth-order valence-electron chi connectivity index (χ4n) is 1.47. The Morgan fingerprint density at radius 2 is 2.25 bits per heavy atom. The maximum absolute atomic E-state index is 13.9. The molecule has 2 aromatic rings. The lowest BCUT2D eigenvalue weighted by Crippen LogP contribution is -2.04. The first-order valence-corrected chi connectivity index (χ1v) is 4.69. The third kappa shape index (κ3) is 1.58. The van der Waals surface area contributed by atoms with Crippen LogP contribution in [0.15, 0.2) is 24.5 Å². The number of halogens is 1. The first-order valence-electron chi connectivity index (χ1n) is 4.69. The summed E-state index contributed by atoms with van der Waals surface area (Å²) in [5.41, 5.74) is 0.906. The summed E-state index contributed by atoms with van der Waals surface area (Å²) in [5.74, 6) is -0.258. The normalized spacial score (nSPS) is 10.2. The number of nitrogens with one attached hydrogen (secondary N) is 1. The van der Waals surface area contributed by atoms with Crippen LogP contribution in [0.25, 0.3) is 5.69 Å². The highest BCUT2D eigenvalue weighted by molar-refractivity contribution is 5.64. The van der Waals surface area contributed by atoms with Crippen LogP contribution in [0.2, 0.25) is 0 Å². The van der Waals surface area contributed by atoms with Crippen LogP contribution in [0, 0.1) is 5.82 Å². The molecule has 0 aliphatic rings. The first kappa shape index (κ1) is 10.4. The van der Waals surface area contributed by atoms with Crippen molar-refractivity contribution in [3.8, 4) is 11.4 Å². The molecule has 1 heterocycles. The number of rotatable bonds is 3. The van der Waals surface area contributed by atoms with Crippen LogP contribution in [0.5, 0.6) is 5.75 Å². The van der Waals surface area contributed by atoms with Gasteiger partial charge in [-0.05, 0) is 12.1 Å². The summed E-state index contributed by atoms with van der Waals surface area (Å²) in [7, 11) is 3.06. The fraction of sp³-hybridized carbons (Fsp3) is 0.200. The second-order valence-corrected chi connectivity index (χ2v) is 3.07. The molecule has 0 atom stereocenters. The van der Waals surface area contributed by atoms with Gasteiger partial charge in [-0.2, -0.15) is 0 Å². The molecule has 1 aromatic carbocycles. The van der Waals surface area contributed by atoms with Crippen molar-refractivity contribution in [1.29, 1.82) is 0 Å². The Hall–Kier alpha value is -2.11. The van der Waals surface area contributed by atoms with E-state index in [4.69, 9.17) is 4.74 Å². The van der Waals surface area contributed by atoms with Crippen molar-refractivity contribution in [1.82, 2.24) is 15.0 Å².